The third kappa shape index (κ3) is 2.97. The average molecular weight is 280 g/mol. The van der Waals surface area contributed by atoms with Gasteiger partial charge in [-0.25, -0.2) is 0 Å². The van der Waals surface area contributed by atoms with Crippen LogP contribution in [0.25, 0.3) is 11.3 Å². The van der Waals surface area contributed by atoms with Crippen LogP contribution in [0.15, 0.2) is 42.6 Å². The van der Waals surface area contributed by atoms with Crippen LogP contribution in [0.5, 0.6) is 0 Å². The van der Waals surface area contributed by atoms with Crippen LogP contribution in [0.4, 0.5) is 5.69 Å². The molecule has 0 radical (unpaired) electrons. The van der Waals surface area contributed by atoms with Gasteiger partial charge in [-0.3, -0.25) is 9.78 Å². The molecule has 0 unspecified atom stereocenters. The van der Waals surface area contributed by atoms with Gasteiger partial charge in [-0.05, 0) is 49.1 Å². The van der Waals surface area contributed by atoms with Crippen LogP contribution in [0.2, 0.25) is 0 Å². The van der Waals surface area contributed by atoms with Gasteiger partial charge in [0.25, 0.3) is 0 Å². The van der Waals surface area contributed by atoms with E-state index < -0.39 is 0 Å². The summed E-state index contributed by atoms with van der Waals surface area (Å²) < 4.78 is 0. The van der Waals surface area contributed by atoms with Gasteiger partial charge in [0.2, 0.25) is 5.91 Å². The first-order chi connectivity index (χ1) is 10.2. The molecule has 1 aromatic carbocycles. The summed E-state index contributed by atoms with van der Waals surface area (Å²) in [5, 5.41) is 3.04. The standard InChI is InChI=1S/C18H20N2O/c1-3-13-10-16(13)18(21)20-14-8-7-12(2)15(11-14)17-6-4-5-9-19-17/h4-9,11,13,16H,3,10H2,1-2H3,(H,20,21)/t13-,16-/m0/s1. The van der Waals surface area contributed by atoms with Gasteiger partial charge >= 0.3 is 0 Å². The minimum Gasteiger partial charge on any atom is -0.326 e. The van der Waals surface area contributed by atoms with Gasteiger partial charge in [0, 0.05) is 23.4 Å². The Balaban J connectivity index is 1.80. The van der Waals surface area contributed by atoms with E-state index >= 15 is 0 Å². The number of carbonyl (C=O) groups is 1. The monoisotopic (exact) mass is 280 g/mol. The fourth-order valence-electron chi connectivity index (χ4n) is 2.75. The summed E-state index contributed by atoms with van der Waals surface area (Å²) >= 11 is 0. The maximum absolute atomic E-state index is 12.2. The Labute approximate surface area is 125 Å². The molecule has 0 bridgehead atoms. The number of nitrogens with one attached hydrogen (secondary N) is 1. The third-order valence-corrected chi connectivity index (χ3v) is 4.23. The summed E-state index contributed by atoms with van der Waals surface area (Å²) in [5.74, 6) is 0.929. The number of pyridine rings is 1. The average Bonchev–Trinajstić information content (AvgIpc) is 3.30. The van der Waals surface area contributed by atoms with E-state index in [2.05, 4.69) is 24.1 Å². The molecule has 108 valence electrons. The number of aryl methyl sites for hydroxylation is 1. The van der Waals surface area contributed by atoms with Gasteiger partial charge < -0.3 is 5.32 Å². The molecule has 1 fully saturated rings. The fraction of sp³-hybridized carbons (Fsp3) is 0.333. The van der Waals surface area contributed by atoms with Crippen molar-refractivity contribution in [2.75, 3.05) is 5.32 Å². The van der Waals surface area contributed by atoms with Gasteiger partial charge in [-0.15, -0.1) is 0 Å². The number of carbonyl (C=O) groups excluding carboxylic acids is 1. The molecule has 3 rings (SSSR count). The number of rotatable bonds is 4. The molecule has 1 aromatic heterocycles. The van der Waals surface area contributed by atoms with Gasteiger partial charge in [0.15, 0.2) is 0 Å². The first kappa shape index (κ1) is 13.8. The van der Waals surface area contributed by atoms with E-state index in [1.165, 1.54) is 0 Å². The van der Waals surface area contributed by atoms with E-state index in [-0.39, 0.29) is 11.8 Å². The lowest BCUT2D eigenvalue weighted by Gasteiger charge is -2.10. The van der Waals surface area contributed by atoms with E-state index in [4.69, 9.17) is 0 Å². The molecule has 3 heteroatoms. The molecular weight excluding hydrogens is 260 g/mol. The van der Waals surface area contributed by atoms with Gasteiger partial charge in [0.1, 0.15) is 0 Å². The number of nitrogens with zero attached hydrogens (tertiary/aromatic N) is 1. The fourth-order valence-corrected chi connectivity index (χ4v) is 2.75. The minimum absolute atomic E-state index is 0.151. The van der Waals surface area contributed by atoms with Crippen LogP contribution in [0.3, 0.4) is 0 Å². The maximum atomic E-state index is 12.2. The van der Waals surface area contributed by atoms with E-state index in [1.54, 1.807) is 6.20 Å². The maximum Gasteiger partial charge on any atom is 0.227 e. The molecule has 1 N–H and O–H groups in total. The van der Waals surface area contributed by atoms with E-state index in [1.807, 2.05) is 36.4 Å². The Kier molecular flexibility index (Phi) is 3.74. The summed E-state index contributed by atoms with van der Waals surface area (Å²) in [6, 6.07) is 11.9. The Morgan fingerprint density at radius 1 is 1.33 bits per heavy atom. The Morgan fingerprint density at radius 2 is 2.19 bits per heavy atom. The van der Waals surface area contributed by atoms with Crippen molar-refractivity contribution < 1.29 is 4.79 Å². The smallest absolute Gasteiger partial charge is 0.227 e. The van der Waals surface area contributed by atoms with Crippen molar-refractivity contribution >= 4 is 11.6 Å². The second-order valence-corrected chi connectivity index (χ2v) is 5.74. The first-order valence-electron chi connectivity index (χ1n) is 7.52. The quantitative estimate of drug-likeness (QED) is 0.918. The Hall–Kier alpha value is -2.16. The van der Waals surface area contributed by atoms with Gasteiger partial charge in [0.05, 0.1) is 5.69 Å². The van der Waals surface area contributed by atoms with Crippen molar-refractivity contribution in [1.29, 1.82) is 0 Å². The molecule has 1 amide bonds. The summed E-state index contributed by atoms with van der Waals surface area (Å²) in [6.07, 6.45) is 3.91. The number of benzene rings is 1. The predicted molar refractivity (Wildman–Crippen MR) is 84.9 cm³/mol. The van der Waals surface area contributed by atoms with Crippen molar-refractivity contribution in [2.45, 2.75) is 26.7 Å². The highest BCUT2D eigenvalue weighted by Crippen LogP contribution is 2.41. The molecule has 1 aliphatic carbocycles. The Morgan fingerprint density at radius 3 is 2.86 bits per heavy atom. The highest BCUT2D eigenvalue weighted by molar-refractivity contribution is 5.95. The third-order valence-electron chi connectivity index (χ3n) is 4.23. The molecule has 0 aliphatic heterocycles. The van der Waals surface area contributed by atoms with Crippen molar-refractivity contribution in [3.05, 3.63) is 48.2 Å². The van der Waals surface area contributed by atoms with Crippen LogP contribution in [0.1, 0.15) is 25.3 Å². The SMILES string of the molecule is CC[C@H]1C[C@@H]1C(=O)Nc1ccc(C)c(-c2ccccn2)c1. The molecule has 1 heterocycles. The molecule has 0 spiro atoms. The number of hydrogen-bond acceptors (Lipinski definition) is 2. The van der Waals surface area contributed by atoms with Crippen LogP contribution in [0, 0.1) is 18.8 Å². The summed E-state index contributed by atoms with van der Waals surface area (Å²) in [6.45, 7) is 4.20. The molecule has 1 saturated carbocycles. The zero-order valence-electron chi connectivity index (χ0n) is 12.5. The highest BCUT2D eigenvalue weighted by Gasteiger charge is 2.41. The zero-order chi connectivity index (χ0) is 14.8. The van der Waals surface area contributed by atoms with E-state index in [9.17, 15) is 4.79 Å². The van der Waals surface area contributed by atoms with Crippen molar-refractivity contribution in [1.82, 2.24) is 4.98 Å². The molecule has 21 heavy (non-hydrogen) atoms. The molecule has 1 aliphatic rings. The number of anilines is 1. The molecule has 2 aromatic rings. The lowest BCUT2D eigenvalue weighted by Crippen LogP contribution is -2.14. The second kappa shape index (κ2) is 5.68. The van der Waals surface area contributed by atoms with Crippen molar-refractivity contribution in [3.8, 4) is 11.3 Å². The van der Waals surface area contributed by atoms with Gasteiger partial charge in [-0.1, -0.05) is 25.5 Å². The molecule has 0 saturated heterocycles. The van der Waals surface area contributed by atoms with Crippen molar-refractivity contribution in [3.63, 3.8) is 0 Å². The normalized spacial score (nSPS) is 20.1. The number of aromatic nitrogens is 1. The van der Waals surface area contributed by atoms with Crippen LogP contribution in [-0.2, 0) is 4.79 Å². The van der Waals surface area contributed by atoms with Crippen LogP contribution in [-0.4, -0.2) is 10.9 Å². The van der Waals surface area contributed by atoms with Crippen LogP contribution < -0.4 is 5.32 Å². The zero-order valence-corrected chi connectivity index (χ0v) is 12.5. The summed E-state index contributed by atoms with van der Waals surface area (Å²) in [4.78, 5) is 16.5. The lowest BCUT2D eigenvalue weighted by atomic mass is 10.0. The summed E-state index contributed by atoms with van der Waals surface area (Å²) in [7, 11) is 0. The largest absolute Gasteiger partial charge is 0.326 e. The topological polar surface area (TPSA) is 42.0 Å². The highest BCUT2D eigenvalue weighted by atomic mass is 16.2. The predicted octanol–water partition coefficient (Wildman–Crippen LogP) is 4.04. The Bertz CT molecular complexity index is 652. The molecule has 2 atom stereocenters. The lowest BCUT2D eigenvalue weighted by molar-refractivity contribution is -0.117. The number of hydrogen-bond donors (Lipinski definition) is 1. The van der Waals surface area contributed by atoms with Gasteiger partial charge in [-0.2, -0.15) is 0 Å². The minimum atomic E-state index is 0.151. The number of amides is 1. The second-order valence-electron chi connectivity index (χ2n) is 5.74. The van der Waals surface area contributed by atoms with E-state index in [0.29, 0.717) is 5.92 Å². The van der Waals surface area contributed by atoms with Crippen LogP contribution >= 0.6 is 0 Å². The molecule has 3 nitrogen and oxygen atoms in total. The van der Waals surface area contributed by atoms with E-state index in [0.717, 1.165) is 35.3 Å². The molecular formula is C18H20N2O. The summed E-state index contributed by atoms with van der Waals surface area (Å²) in [5.41, 5.74) is 4.01. The first-order valence-corrected chi connectivity index (χ1v) is 7.52. The van der Waals surface area contributed by atoms with Crippen molar-refractivity contribution in [2.24, 2.45) is 11.8 Å².